The van der Waals surface area contributed by atoms with Gasteiger partial charge in [0.1, 0.15) is 12.2 Å². The molecule has 1 heterocycles. The molecule has 4 rings (SSSR count). The van der Waals surface area contributed by atoms with E-state index in [0.29, 0.717) is 6.42 Å². The first-order valence-corrected chi connectivity index (χ1v) is 11.5. The van der Waals surface area contributed by atoms with Crippen LogP contribution in [-0.2, 0) is 14.3 Å². The second-order valence-corrected chi connectivity index (χ2v) is 9.74. The largest absolute Gasteiger partial charge is 0.481 e. The zero-order valence-electron chi connectivity index (χ0n) is 19.6. The minimum Gasteiger partial charge on any atom is -0.481 e. The standard InChI is InChI=1S/C26H30N2O6/c1-26(2,3)34-25(32)28-13-12-22(20(14-28)23(29)30)27-24(31)33-15-21-18-10-6-4-8-16(18)17-9-5-7-11-19(17)21/h4-11,20-22H,12-15H2,1-3H3,(H,27,31)(H,29,30)/t20-,22+/m1/s1. The minimum atomic E-state index is -1.09. The molecule has 0 spiro atoms. The maximum absolute atomic E-state index is 12.6. The number of carboxylic acids is 1. The quantitative estimate of drug-likeness (QED) is 0.699. The monoisotopic (exact) mass is 466 g/mol. The van der Waals surface area contributed by atoms with Gasteiger partial charge in [0.15, 0.2) is 0 Å². The molecule has 0 bridgehead atoms. The van der Waals surface area contributed by atoms with Gasteiger partial charge in [-0.1, -0.05) is 48.5 Å². The number of ether oxygens (including phenoxy) is 2. The Morgan fingerprint density at radius 2 is 1.62 bits per heavy atom. The van der Waals surface area contributed by atoms with Crippen LogP contribution in [0.1, 0.15) is 44.2 Å². The molecule has 2 aromatic carbocycles. The van der Waals surface area contributed by atoms with E-state index in [1.165, 1.54) is 4.90 Å². The van der Waals surface area contributed by atoms with Gasteiger partial charge in [-0.2, -0.15) is 0 Å². The lowest BCUT2D eigenvalue weighted by Gasteiger charge is -2.37. The highest BCUT2D eigenvalue weighted by Gasteiger charge is 2.39. The van der Waals surface area contributed by atoms with Gasteiger partial charge in [-0.05, 0) is 49.4 Å². The lowest BCUT2D eigenvalue weighted by molar-refractivity contribution is -0.144. The van der Waals surface area contributed by atoms with E-state index in [4.69, 9.17) is 9.47 Å². The molecule has 2 aromatic rings. The van der Waals surface area contributed by atoms with Crippen molar-refractivity contribution in [2.24, 2.45) is 5.92 Å². The van der Waals surface area contributed by atoms with Crippen molar-refractivity contribution < 1.29 is 29.0 Å². The van der Waals surface area contributed by atoms with Crippen molar-refractivity contribution in [1.29, 1.82) is 0 Å². The Hall–Kier alpha value is -3.55. The van der Waals surface area contributed by atoms with Crippen molar-refractivity contribution in [3.63, 3.8) is 0 Å². The number of benzene rings is 2. The molecule has 0 radical (unpaired) electrons. The van der Waals surface area contributed by atoms with Crippen molar-refractivity contribution in [2.45, 2.75) is 44.8 Å². The van der Waals surface area contributed by atoms with Crippen LogP contribution < -0.4 is 5.32 Å². The van der Waals surface area contributed by atoms with Gasteiger partial charge in [0.2, 0.25) is 0 Å². The Labute approximate surface area is 198 Å². The van der Waals surface area contributed by atoms with Gasteiger partial charge >= 0.3 is 18.2 Å². The lowest BCUT2D eigenvalue weighted by Crippen LogP contribution is -2.55. The van der Waals surface area contributed by atoms with Crippen molar-refractivity contribution in [3.8, 4) is 11.1 Å². The van der Waals surface area contributed by atoms with E-state index >= 15 is 0 Å². The van der Waals surface area contributed by atoms with E-state index in [1.54, 1.807) is 20.8 Å². The molecular weight excluding hydrogens is 436 g/mol. The molecule has 1 aliphatic carbocycles. The van der Waals surface area contributed by atoms with Gasteiger partial charge in [0.05, 0.1) is 5.92 Å². The van der Waals surface area contributed by atoms with E-state index in [-0.39, 0.29) is 25.6 Å². The molecule has 0 aromatic heterocycles. The first kappa shape index (κ1) is 23.6. The molecule has 2 aliphatic rings. The fourth-order valence-electron chi connectivity index (χ4n) is 4.66. The maximum atomic E-state index is 12.6. The predicted octanol–water partition coefficient (Wildman–Crippen LogP) is 4.24. The predicted molar refractivity (Wildman–Crippen MR) is 126 cm³/mol. The number of nitrogens with one attached hydrogen (secondary N) is 1. The van der Waals surface area contributed by atoms with Gasteiger partial charge in [-0.3, -0.25) is 4.79 Å². The lowest BCUT2D eigenvalue weighted by atomic mass is 9.92. The first-order chi connectivity index (χ1) is 16.1. The summed E-state index contributed by atoms with van der Waals surface area (Å²) in [5.74, 6) is -2.12. The average molecular weight is 467 g/mol. The third-order valence-electron chi connectivity index (χ3n) is 6.23. The van der Waals surface area contributed by atoms with Crippen molar-refractivity contribution >= 4 is 18.2 Å². The van der Waals surface area contributed by atoms with Crippen LogP contribution in [0.25, 0.3) is 11.1 Å². The molecule has 2 atom stereocenters. The fraction of sp³-hybridized carbons (Fsp3) is 0.423. The zero-order valence-corrected chi connectivity index (χ0v) is 19.6. The average Bonchev–Trinajstić information content (AvgIpc) is 3.10. The number of aliphatic carboxylic acids is 1. The summed E-state index contributed by atoms with van der Waals surface area (Å²) in [6.07, 6.45) is -0.928. The van der Waals surface area contributed by atoms with Crippen LogP contribution in [0.4, 0.5) is 9.59 Å². The summed E-state index contributed by atoms with van der Waals surface area (Å²) >= 11 is 0. The normalized spacial score (nSPS) is 19.7. The molecule has 8 heteroatoms. The second kappa shape index (κ2) is 9.37. The summed E-state index contributed by atoms with van der Waals surface area (Å²) < 4.78 is 10.9. The van der Waals surface area contributed by atoms with Gasteiger partial charge in [0, 0.05) is 25.0 Å². The van der Waals surface area contributed by atoms with Gasteiger partial charge in [-0.15, -0.1) is 0 Å². The van der Waals surface area contributed by atoms with Crippen molar-refractivity contribution in [3.05, 3.63) is 59.7 Å². The molecule has 2 N–H and O–H groups in total. The van der Waals surface area contributed by atoms with E-state index in [2.05, 4.69) is 17.4 Å². The SMILES string of the molecule is CC(C)(C)OC(=O)N1CC[C@H](NC(=O)OCC2c3ccccc3-c3ccccc32)[C@H](C(=O)O)C1. The Kier molecular flexibility index (Phi) is 6.50. The molecule has 1 saturated heterocycles. The van der Waals surface area contributed by atoms with Crippen LogP contribution in [-0.4, -0.2) is 59.5 Å². The topological polar surface area (TPSA) is 105 Å². The summed E-state index contributed by atoms with van der Waals surface area (Å²) in [7, 11) is 0. The molecule has 0 unspecified atom stereocenters. The van der Waals surface area contributed by atoms with E-state index < -0.39 is 35.7 Å². The van der Waals surface area contributed by atoms with Crippen molar-refractivity contribution in [1.82, 2.24) is 10.2 Å². The molecule has 0 saturated carbocycles. The zero-order chi connectivity index (χ0) is 24.5. The highest BCUT2D eigenvalue weighted by molar-refractivity contribution is 5.79. The van der Waals surface area contributed by atoms with Crippen LogP contribution in [0.15, 0.2) is 48.5 Å². The highest BCUT2D eigenvalue weighted by atomic mass is 16.6. The second-order valence-electron chi connectivity index (χ2n) is 9.74. The molecule has 2 amide bonds. The summed E-state index contributed by atoms with van der Waals surface area (Å²) in [5, 5.41) is 12.4. The smallest absolute Gasteiger partial charge is 0.410 e. The number of amides is 2. The number of alkyl carbamates (subject to hydrolysis) is 1. The molecule has 8 nitrogen and oxygen atoms in total. The highest BCUT2D eigenvalue weighted by Crippen LogP contribution is 2.44. The third-order valence-corrected chi connectivity index (χ3v) is 6.23. The number of carbonyl (C=O) groups excluding carboxylic acids is 2. The number of carboxylic acid groups (broad SMARTS) is 1. The first-order valence-electron chi connectivity index (χ1n) is 11.5. The summed E-state index contributed by atoms with van der Waals surface area (Å²) in [5.41, 5.74) is 3.79. The van der Waals surface area contributed by atoms with Crippen molar-refractivity contribution in [2.75, 3.05) is 19.7 Å². The van der Waals surface area contributed by atoms with Crippen LogP contribution in [0.5, 0.6) is 0 Å². The summed E-state index contributed by atoms with van der Waals surface area (Å²) in [6, 6.07) is 15.5. The molecule has 1 aliphatic heterocycles. The van der Waals surface area contributed by atoms with E-state index in [0.717, 1.165) is 22.3 Å². The number of fused-ring (bicyclic) bond motifs is 3. The van der Waals surface area contributed by atoms with Gasteiger partial charge in [0.25, 0.3) is 0 Å². The number of hydrogen-bond donors (Lipinski definition) is 2. The minimum absolute atomic E-state index is 0.0431. The fourth-order valence-corrected chi connectivity index (χ4v) is 4.66. The Morgan fingerprint density at radius 1 is 1.03 bits per heavy atom. The van der Waals surface area contributed by atoms with Crippen LogP contribution in [0, 0.1) is 5.92 Å². The number of piperidine rings is 1. The summed E-state index contributed by atoms with van der Waals surface area (Å²) in [6.45, 7) is 5.65. The Balaban J connectivity index is 1.38. The van der Waals surface area contributed by atoms with Crippen LogP contribution >= 0.6 is 0 Å². The number of likely N-dealkylation sites (tertiary alicyclic amines) is 1. The summed E-state index contributed by atoms with van der Waals surface area (Å²) in [4.78, 5) is 38.2. The number of hydrogen-bond acceptors (Lipinski definition) is 5. The Bertz CT molecular complexity index is 1050. The molecular formula is C26H30N2O6. The number of rotatable bonds is 4. The van der Waals surface area contributed by atoms with Crippen LogP contribution in [0.2, 0.25) is 0 Å². The third kappa shape index (κ3) is 5.00. The van der Waals surface area contributed by atoms with E-state index in [1.807, 2.05) is 36.4 Å². The van der Waals surface area contributed by atoms with Gasteiger partial charge in [-0.25, -0.2) is 9.59 Å². The number of nitrogens with zero attached hydrogens (tertiary/aromatic N) is 1. The maximum Gasteiger partial charge on any atom is 0.410 e. The van der Waals surface area contributed by atoms with E-state index in [9.17, 15) is 19.5 Å². The number of carbonyl (C=O) groups is 3. The molecule has 34 heavy (non-hydrogen) atoms. The molecule has 1 fully saturated rings. The van der Waals surface area contributed by atoms with Crippen LogP contribution in [0.3, 0.4) is 0 Å². The van der Waals surface area contributed by atoms with Gasteiger partial charge < -0.3 is 24.8 Å². The molecule has 180 valence electrons. The Morgan fingerprint density at radius 3 is 2.18 bits per heavy atom.